The summed E-state index contributed by atoms with van der Waals surface area (Å²) in [5.41, 5.74) is 0.535. The Labute approximate surface area is 129 Å². The normalized spacial score (nSPS) is 17.3. The average molecular weight is 323 g/mol. The number of phenolic OH excluding ortho intramolecular Hbond substituents is 1. The minimum atomic E-state index is -2.41. The van der Waals surface area contributed by atoms with Crippen LogP contribution in [0.2, 0.25) is 0 Å². The lowest BCUT2D eigenvalue weighted by atomic mass is 10.00. The third kappa shape index (κ3) is 4.69. The van der Waals surface area contributed by atoms with Crippen LogP contribution >= 0.6 is 12.4 Å². The van der Waals surface area contributed by atoms with Gasteiger partial charge in [0.2, 0.25) is 6.43 Å². The van der Waals surface area contributed by atoms with Gasteiger partial charge in [-0.1, -0.05) is 6.07 Å². The van der Waals surface area contributed by atoms with Crippen molar-refractivity contribution in [3.05, 3.63) is 23.8 Å². The summed E-state index contributed by atoms with van der Waals surface area (Å²) in [6.07, 6.45) is -2.68. The average Bonchev–Trinajstić information content (AvgIpc) is 2.45. The predicted octanol–water partition coefficient (Wildman–Crippen LogP) is 2.42. The van der Waals surface area contributed by atoms with E-state index < -0.39 is 12.5 Å². The molecule has 1 heterocycles. The van der Waals surface area contributed by atoms with Crippen molar-refractivity contribution in [3.63, 3.8) is 0 Å². The fourth-order valence-corrected chi connectivity index (χ4v) is 2.57. The second-order valence-electron chi connectivity index (χ2n) is 4.85. The van der Waals surface area contributed by atoms with Crippen molar-refractivity contribution in [3.8, 4) is 11.5 Å². The molecule has 1 aromatic carbocycles. The number of phenols is 1. The summed E-state index contributed by atoms with van der Waals surface area (Å²) in [4.78, 5) is 1.99. The molecule has 0 aromatic heterocycles. The van der Waals surface area contributed by atoms with E-state index in [1.807, 2.05) is 4.90 Å². The highest BCUT2D eigenvalue weighted by atomic mass is 35.5. The molecular weight excluding hydrogens is 302 g/mol. The lowest BCUT2D eigenvalue weighted by Crippen LogP contribution is -2.45. The zero-order valence-corrected chi connectivity index (χ0v) is 12.7. The van der Waals surface area contributed by atoms with Gasteiger partial charge in [-0.3, -0.25) is 4.90 Å². The van der Waals surface area contributed by atoms with Gasteiger partial charge in [0.1, 0.15) is 11.5 Å². The van der Waals surface area contributed by atoms with Crippen LogP contribution in [0.25, 0.3) is 0 Å². The minimum Gasteiger partial charge on any atom is -0.507 e. The van der Waals surface area contributed by atoms with Gasteiger partial charge in [-0.2, -0.15) is 0 Å². The van der Waals surface area contributed by atoms with E-state index in [1.165, 1.54) is 13.2 Å². The summed E-state index contributed by atoms with van der Waals surface area (Å²) in [7, 11) is 1.50. The number of ether oxygens (including phenoxy) is 1. The van der Waals surface area contributed by atoms with E-state index in [0.29, 0.717) is 24.4 Å². The number of piperazine rings is 1. The van der Waals surface area contributed by atoms with Gasteiger partial charge in [0.05, 0.1) is 7.11 Å². The van der Waals surface area contributed by atoms with Crippen LogP contribution in [0.4, 0.5) is 8.78 Å². The van der Waals surface area contributed by atoms with E-state index in [4.69, 9.17) is 4.74 Å². The van der Waals surface area contributed by atoms with Gasteiger partial charge >= 0.3 is 0 Å². The quantitative estimate of drug-likeness (QED) is 0.874. The van der Waals surface area contributed by atoms with E-state index in [1.54, 1.807) is 12.1 Å². The van der Waals surface area contributed by atoms with Crippen molar-refractivity contribution in [2.24, 2.45) is 0 Å². The molecule has 1 aliphatic heterocycles. The van der Waals surface area contributed by atoms with Gasteiger partial charge in [-0.05, 0) is 6.07 Å². The van der Waals surface area contributed by atoms with Crippen LogP contribution in [0.15, 0.2) is 18.2 Å². The maximum atomic E-state index is 12.9. The Bertz CT molecular complexity index is 443. The summed E-state index contributed by atoms with van der Waals surface area (Å²) in [6.45, 7) is 2.94. The van der Waals surface area contributed by atoms with Crippen LogP contribution in [-0.4, -0.2) is 49.7 Å². The van der Waals surface area contributed by atoms with Crippen molar-refractivity contribution >= 4 is 12.4 Å². The SMILES string of the molecule is COc1ccc([C@@H](CC(F)F)N2CCNCC2)c(O)c1.Cl. The molecule has 1 saturated heterocycles. The van der Waals surface area contributed by atoms with Crippen LogP contribution in [0.3, 0.4) is 0 Å². The van der Waals surface area contributed by atoms with Crippen LogP contribution in [-0.2, 0) is 0 Å². The fraction of sp³-hybridized carbons (Fsp3) is 0.571. The molecule has 1 aliphatic rings. The zero-order chi connectivity index (χ0) is 14.5. The highest BCUT2D eigenvalue weighted by molar-refractivity contribution is 5.85. The van der Waals surface area contributed by atoms with Crippen LogP contribution in [0, 0.1) is 0 Å². The number of nitrogens with zero attached hydrogens (tertiary/aromatic N) is 1. The Morgan fingerprint density at radius 3 is 2.52 bits per heavy atom. The second kappa shape index (κ2) is 8.36. The van der Waals surface area contributed by atoms with Crippen molar-refractivity contribution in [2.45, 2.75) is 18.9 Å². The summed E-state index contributed by atoms with van der Waals surface area (Å²) < 4.78 is 30.7. The Balaban J connectivity index is 0.00000220. The van der Waals surface area contributed by atoms with Crippen molar-refractivity contribution < 1.29 is 18.6 Å². The number of benzene rings is 1. The Hall–Kier alpha value is -1.11. The van der Waals surface area contributed by atoms with Gasteiger partial charge < -0.3 is 15.2 Å². The monoisotopic (exact) mass is 322 g/mol. The molecule has 1 atom stereocenters. The molecule has 1 aromatic rings. The van der Waals surface area contributed by atoms with Crippen molar-refractivity contribution in [2.75, 3.05) is 33.3 Å². The molecule has 4 nitrogen and oxygen atoms in total. The lowest BCUT2D eigenvalue weighted by molar-refractivity contribution is 0.0729. The number of alkyl halides is 2. The van der Waals surface area contributed by atoms with Gasteiger partial charge in [-0.25, -0.2) is 8.78 Å². The Morgan fingerprint density at radius 2 is 2.00 bits per heavy atom. The molecule has 0 spiro atoms. The molecule has 0 amide bonds. The standard InChI is InChI=1S/C14H20F2N2O2.ClH/c1-20-10-2-3-11(13(19)8-10)12(9-14(15)16)18-6-4-17-5-7-18;/h2-3,8,12,14,17,19H,4-7,9H2,1H3;1H/t12-;/m1./s1. The largest absolute Gasteiger partial charge is 0.507 e. The second-order valence-corrected chi connectivity index (χ2v) is 4.85. The molecule has 0 saturated carbocycles. The molecule has 2 N–H and O–H groups in total. The van der Waals surface area contributed by atoms with Crippen LogP contribution in [0.5, 0.6) is 11.5 Å². The topological polar surface area (TPSA) is 44.7 Å². The van der Waals surface area contributed by atoms with Gasteiger partial charge in [-0.15, -0.1) is 12.4 Å². The summed E-state index contributed by atoms with van der Waals surface area (Å²) >= 11 is 0. The fourth-order valence-electron chi connectivity index (χ4n) is 2.57. The van der Waals surface area contributed by atoms with E-state index >= 15 is 0 Å². The number of methoxy groups -OCH3 is 1. The van der Waals surface area contributed by atoms with Gasteiger partial charge in [0.15, 0.2) is 0 Å². The van der Waals surface area contributed by atoms with Crippen molar-refractivity contribution in [1.82, 2.24) is 10.2 Å². The van der Waals surface area contributed by atoms with E-state index in [0.717, 1.165) is 13.1 Å². The number of hydrogen-bond donors (Lipinski definition) is 2. The van der Waals surface area contributed by atoms with E-state index in [9.17, 15) is 13.9 Å². The summed E-state index contributed by atoms with van der Waals surface area (Å²) in [6, 6.07) is 4.36. The van der Waals surface area contributed by atoms with Gasteiger partial charge in [0.25, 0.3) is 0 Å². The first-order chi connectivity index (χ1) is 9.61. The first kappa shape index (κ1) is 17.9. The number of halogens is 3. The summed E-state index contributed by atoms with van der Waals surface area (Å²) in [5, 5.41) is 13.3. The Kier molecular flexibility index (Phi) is 7.14. The molecule has 0 aliphatic carbocycles. The highest BCUT2D eigenvalue weighted by Crippen LogP contribution is 2.35. The molecule has 2 rings (SSSR count). The third-order valence-electron chi connectivity index (χ3n) is 3.59. The third-order valence-corrected chi connectivity index (χ3v) is 3.59. The lowest BCUT2D eigenvalue weighted by Gasteiger charge is -2.35. The smallest absolute Gasteiger partial charge is 0.240 e. The maximum absolute atomic E-state index is 12.9. The molecule has 0 unspecified atom stereocenters. The highest BCUT2D eigenvalue weighted by Gasteiger charge is 2.27. The first-order valence-electron chi connectivity index (χ1n) is 6.71. The molecule has 0 bridgehead atoms. The van der Waals surface area contributed by atoms with Crippen LogP contribution < -0.4 is 10.1 Å². The maximum Gasteiger partial charge on any atom is 0.240 e. The first-order valence-corrected chi connectivity index (χ1v) is 6.71. The molecule has 120 valence electrons. The molecule has 0 radical (unpaired) electrons. The van der Waals surface area contributed by atoms with Gasteiger partial charge in [0, 0.05) is 50.3 Å². The Morgan fingerprint density at radius 1 is 1.33 bits per heavy atom. The van der Waals surface area contributed by atoms with E-state index in [-0.39, 0.29) is 24.6 Å². The molecule has 1 fully saturated rings. The summed E-state index contributed by atoms with van der Waals surface area (Å²) in [5.74, 6) is 0.524. The molecule has 21 heavy (non-hydrogen) atoms. The van der Waals surface area contributed by atoms with Crippen LogP contribution in [0.1, 0.15) is 18.0 Å². The van der Waals surface area contributed by atoms with Crippen molar-refractivity contribution in [1.29, 1.82) is 0 Å². The number of aromatic hydroxyl groups is 1. The zero-order valence-electron chi connectivity index (χ0n) is 11.9. The minimum absolute atomic E-state index is 0. The molecular formula is C14H21ClF2N2O2. The number of hydrogen-bond acceptors (Lipinski definition) is 4. The number of nitrogens with one attached hydrogen (secondary N) is 1. The molecule has 7 heteroatoms. The number of rotatable bonds is 5. The predicted molar refractivity (Wildman–Crippen MR) is 79.7 cm³/mol. The van der Waals surface area contributed by atoms with E-state index in [2.05, 4.69) is 5.32 Å².